The van der Waals surface area contributed by atoms with Gasteiger partial charge in [-0.1, -0.05) is 12.1 Å². The van der Waals surface area contributed by atoms with Crippen LogP contribution in [0.25, 0.3) is 11.5 Å². The van der Waals surface area contributed by atoms with Crippen LogP contribution in [0.5, 0.6) is 0 Å². The molecule has 0 fully saturated rings. The van der Waals surface area contributed by atoms with Crippen molar-refractivity contribution in [2.24, 2.45) is 0 Å². The maximum Gasteiger partial charge on any atom is 0.285 e. The van der Waals surface area contributed by atoms with Crippen molar-refractivity contribution in [1.82, 2.24) is 10.2 Å². The summed E-state index contributed by atoms with van der Waals surface area (Å²) in [6.07, 6.45) is -2.46. The highest BCUT2D eigenvalue weighted by Gasteiger charge is 2.09. The van der Waals surface area contributed by atoms with Gasteiger partial charge in [0, 0.05) is 27.1 Å². The summed E-state index contributed by atoms with van der Waals surface area (Å²) in [7, 11) is 0. The standard InChI is InChI=1S/C9H5BrF2N2O/c10-9-14-13-8(15-9)6-3-1-5(2-4-6)7(11)12/h1-4,7H. The number of nitrogens with zero attached hydrogens (tertiary/aromatic N) is 2. The van der Waals surface area contributed by atoms with E-state index in [1.807, 2.05) is 0 Å². The van der Waals surface area contributed by atoms with Crippen molar-refractivity contribution in [1.29, 1.82) is 0 Å². The lowest BCUT2D eigenvalue weighted by Crippen LogP contribution is -1.84. The van der Waals surface area contributed by atoms with E-state index < -0.39 is 6.43 Å². The van der Waals surface area contributed by atoms with Gasteiger partial charge in [0.1, 0.15) is 0 Å². The third kappa shape index (κ3) is 2.20. The second-order valence-electron chi connectivity index (χ2n) is 2.78. The van der Waals surface area contributed by atoms with Gasteiger partial charge in [-0.15, -0.1) is 10.2 Å². The third-order valence-electron chi connectivity index (χ3n) is 1.81. The number of hydrogen-bond donors (Lipinski definition) is 0. The van der Waals surface area contributed by atoms with Gasteiger partial charge < -0.3 is 4.42 Å². The Morgan fingerprint density at radius 3 is 2.27 bits per heavy atom. The second-order valence-corrected chi connectivity index (χ2v) is 3.46. The first-order chi connectivity index (χ1) is 7.16. The first-order valence-electron chi connectivity index (χ1n) is 4.04. The van der Waals surface area contributed by atoms with Crippen LogP contribution in [0.1, 0.15) is 12.0 Å². The van der Waals surface area contributed by atoms with Crippen molar-refractivity contribution < 1.29 is 13.2 Å². The second kappa shape index (κ2) is 4.06. The molecule has 15 heavy (non-hydrogen) atoms. The largest absolute Gasteiger partial charge is 0.411 e. The van der Waals surface area contributed by atoms with Crippen molar-refractivity contribution >= 4 is 15.9 Å². The molecule has 0 aliphatic rings. The molecule has 0 amide bonds. The van der Waals surface area contributed by atoms with Crippen LogP contribution in [-0.4, -0.2) is 10.2 Å². The molecule has 1 aromatic heterocycles. The molecule has 0 spiro atoms. The number of hydrogen-bond acceptors (Lipinski definition) is 3. The Morgan fingerprint density at radius 2 is 1.80 bits per heavy atom. The van der Waals surface area contributed by atoms with Gasteiger partial charge in [0.2, 0.25) is 5.89 Å². The molecule has 0 aliphatic carbocycles. The van der Waals surface area contributed by atoms with Gasteiger partial charge in [-0.2, -0.15) is 0 Å². The molecule has 0 bridgehead atoms. The van der Waals surface area contributed by atoms with Gasteiger partial charge in [-0.05, 0) is 12.1 Å². The fourth-order valence-electron chi connectivity index (χ4n) is 1.09. The number of alkyl halides is 2. The summed E-state index contributed by atoms with van der Waals surface area (Å²) < 4.78 is 29.6. The molecule has 0 aliphatic heterocycles. The van der Waals surface area contributed by atoms with Crippen LogP contribution in [0.4, 0.5) is 8.78 Å². The summed E-state index contributed by atoms with van der Waals surface area (Å²) in [6, 6.07) is 5.69. The molecule has 0 saturated carbocycles. The molecule has 2 aromatic rings. The Bertz CT molecular complexity index is 455. The van der Waals surface area contributed by atoms with E-state index in [0.717, 1.165) is 0 Å². The highest BCUT2D eigenvalue weighted by Crippen LogP contribution is 2.24. The lowest BCUT2D eigenvalue weighted by atomic mass is 10.1. The minimum atomic E-state index is -2.46. The van der Waals surface area contributed by atoms with Gasteiger partial charge in [0.05, 0.1) is 0 Å². The molecule has 1 aromatic carbocycles. The highest BCUT2D eigenvalue weighted by atomic mass is 79.9. The van der Waals surface area contributed by atoms with Crippen molar-refractivity contribution in [3.8, 4) is 11.5 Å². The van der Waals surface area contributed by atoms with Crippen LogP contribution >= 0.6 is 15.9 Å². The van der Waals surface area contributed by atoms with Crippen molar-refractivity contribution in [3.63, 3.8) is 0 Å². The molecule has 0 unspecified atom stereocenters. The molecule has 0 atom stereocenters. The predicted molar refractivity (Wildman–Crippen MR) is 52.4 cm³/mol. The highest BCUT2D eigenvalue weighted by molar-refractivity contribution is 9.10. The van der Waals surface area contributed by atoms with E-state index >= 15 is 0 Å². The normalized spacial score (nSPS) is 10.9. The summed E-state index contributed by atoms with van der Waals surface area (Å²) in [5, 5.41) is 7.31. The van der Waals surface area contributed by atoms with Crippen LogP contribution in [-0.2, 0) is 0 Å². The average molecular weight is 275 g/mol. The molecule has 0 radical (unpaired) electrons. The lowest BCUT2D eigenvalue weighted by molar-refractivity contribution is 0.151. The fourth-order valence-corrected chi connectivity index (χ4v) is 1.33. The Balaban J connectivity index is 2.31. The van der Waals surface area contributed by atoms with E-state index in [9.17, 15) is 8.78 Å². The molecule has 1 heterocycles. The smallest absolute Gasteiger partial charge is 0.285 e. The Kier molecular flexibility index (Phi) is 2.77. The van der Waals surface area contributed by atoms with E-state index in [4.69, 9.17) is 4.42 Å². The van der Waals surface area contributed by atoms with Crippen LogP contribution < -0.4 is 0 Å². The summed E-state index contributed by atoms with van der Waals surface area (Å²) in [6.45, 7) is 0. The van der Waals surface area contributed by atoms with Crippen LogP contribution in [0.15, 0.2) is 33.5 Å². The van der Waals surface area contributed by atoms with Gasteiger partial charge in [-0.25, -0.2) is 8.78 Å². The zero-order valence-electron chi connectivity index (χ0n) is 7.32. The average Bonchev–Trinajstić information content (AvgIpc) is 2.65. The maximum absolute atomic E-state index is 12.2. The minimum Gasteiger partial charge on any atom is -0.411 e. The fraction of sp³-hybridized carbons (Fsp3) is 0.111. The predicted octanol–water partition coefficient (Wildman–Crippen LogP) is 3.44. The van der Waals surface area contributed by atoms with Crippen LogP contribution in [0.3, 0.4) is 0 Å². The molecular weight excluding hydrogens is 270 g/mol. The van der Waals surface area contributed by atoms with Gasteiger partial charge >= 0.3 is 0 Å². The molecule has 78 valence electrons. The van der Waals surface area contributed by atoms with Crippen LogP contribution in [0, 0.1) is 0 Å². The lowest BCUT2D eigenvalue weighted by Gasteiger charge is -1.99. The van der Waals surface area contributed by atoms with Gasteiger partial charge in [-0.3, -0.25) is 0 Å². The van der Waals surface area contributed by atoms with Crippen LogP contribution in [0.2, 0.25) is 0 Å². The monoisotopic (exact) mass is 274 g/mol. The van der Waals surface area contributed by atoms with E-state index in [1.54, 1.807) is 0 Å². The zero-order valence-corrected chi connectivity index (χ0v) is 8.91. The first-order valence-corrected chi connectivity index (χ1v) is 4.83. The molecule has 3 nitrogen and oxygen atoms in total. The maximum atomic E-state index is 12.2. The zero-order chi connectivity index (χ0) is 10.8. The quantitative estimate of drug-likeness (QED) is 0.842. The number of halogens is 3. The van der Waals surface area contributed by atoms with Gasteiger partial charge in [0.25, 0.3) is 11.2 Å². The third-order valence-corrected chi connectivity index (χ3v) is 2.13. The van der Waals surface area contributed by atoms with E-state index in [2.05, 4.69) is 26.1 Å². The van der Waals surface area contributed by atoms with Crippen molar-refractivity contribution in [3.05, 3.63) is 34.6 Å². The Labute approximate surface area is 92.3 Å². The van der Waals surface area contributed by atoms with E-state index in [1.165, 1.54) is 24.3 Å². The molecule has 0 saturated heterocycles. The van der Waals surface area contributed by atoms with E-state index in [-0.39, 0.29) is 10.4 Å². The van der Waals surface area contributed by atoms with E-state index in [0.29, 0.717) is 11.5 Å². The molecule has 2 rings (SSSR count). The Hall–Kier alpha value is -1.30. The summed E-state index contributed by atoms with van der Waals surface area (Å²) in [5.41, 5.74) is 0.579. The summed E-state index contributed by atoms with van der Waals surface area (Å²) in [5.74, 6) is 0.294. The molecular formula is C9H5BrF2N2O. The number of rotatable bonds is 2. The van der Waals surface area contributed by atoms with Crippen molar-refractivity contribution in [2.45, 2.75) is 6.43 Å². The first kappa shape index (κ1) is 10.2. The number of benzene rings is 1. The molecule has 6 heteroatoms. The van der Waals surface area contributed by atoms with Gasteiger partial charge in [0.15, 0.2) is 0 Å². The topological polar surface area (TPSA) is 38.9 Å². The summed E-state index contributed by atoms with van der Waals surface area (Å²) in [4.78, 5) is 0.260. The minimum absolute atomic E-state index is 0.0302. The van der Waals surface area contributed by atoms with Crippen molar-refractivity contribution in [2.75, 3.05) is 0 Å². The Morgan fingerprint density at radius 1 is 1.13 bits per heavy atom. The summed E-state index contributed by atoms with van der Waals surface area (Å²) >= 11 is 3.01. The number of aromatic nitrogens is 2. The molecule has 0 N–H and O–H groups in total. The SMILES string of the molecule is FC(F)c1ccc(-c2nnc(Br)o2)cc1.